The van der Waals surface area contributed by atoms with Crippen LogP contribution >= 0.6 is 0 Å². The van der Waals surface area contributed by atoms with Crippen LogP contribution in [-0.4, -0.2) is 34.9 Å². The fourth-order valence-corrected chi connectivity index (χ4v) is 3.40. The van der Waals surface area contributed by atoms with Crippen molar-refractivity contribution in [2.75, 3.05) is 13.1 Å². The van der Waals surface area contributed by atoms with Crippen molar-refractivity contribution in [1.29, 1.82) is 0 Å². The lowest BCUT2D eigenvalue weighted by atomic mass is 9.61. The molecule has 2 aliphatic rings. The topological polar surface area (TPSA) is 78.9 Å². The third-order valence-electron chi connectivity index (χ3n) is 4.35. The highest BCUT2D eigenvalue weighted by Gasteiger charge is 2.53. The molecule has 0 aromatic heterocycles. The average Bonchev–Trinajstić information content (AvgIpc) is 2.33. The fraction of sp³-hybridized carbons (Fsp3) is 0.846. The first kappa shape index (κ1) is 13.2. The van der Waals surface area contributed by atoms with Gasteiger partial charge in [-0.15, -0.1) is 0 Å². The molecule has 0 spiro atoms. The van der Waals surface area contributed by atoms with Crippen LogP contribution in [0.2, 0.25) is 0 Å². The third kappa shape index (κ3) is 2.06. The minimum absolute atomic E-state index is 0.0578. The molecule has 1 unspecified atom stereocenters. The van der Waals surface area contributed by atoms with Crippen LogP contribution in [0.3, 0.4) is 0 Å². The van der Waals surface area contributed by atoms with Crippen LogP contribution in [0.4, 0.5) is 0 Å². The number of oxime groups is 1. The molecule has 102 valence electrons. The van der Waals surface area contributed by atoms with E-state index >= 15 is 0 Å². The van der Waals surface area contributed by atoms with Gasteiger partial charge >= 0.3 is 0 Å². The number of amidine groups is 1. The maximum Gasteiger partial charge on any atom is 0.236 e. The number of rotatable bonds is 2. The molecule has 0 aromatic rings. The van der Waals surface area contributed by atoms with Gasteiger partial charge in [-0.25, -0.2) is 0 Å². The summed E-state index contributed by atoms with van der Waals surface area (Å²) in [5, 5.41) is 12.0. The molecule has 1 amide bonds. The Morgan fingerprint density at radius 1 is 1.39 bits per heavy atom. The first-order chi connectivity index (χ1) is 8.49. The predicted octanol–water partition coefficient (Wildman–Crippen LogP) is 1.41. The van der Waals surface area contributed by atoms with Crippen LogP contribution in [0.25, 0.3) is 0 Å². The second kappa shape index (κ2) is 4.78. The van der Waals surface area contributed by atoms with Crippen molar-refractivity contribution in [2.45, 2.75) is 39.5 Å². The zero-order valence-electron chi connectivity index (χ0n) is 11.2. The number of amides is 1. The van der Waals surface area contributed by atoms with Crippen LogP contribution in [0.15, 0.2) is 5.16 Å². The first-order valence-corrected chi connectivity index (χ1v) is 6.77. The number of nitrogens with two attached hydrogens (primary N) is 1. The van der Waals surface area contributed by atoms with E-state index in [0.717, 1.165) is 19.5 Å². The highest BCUT2D eigenvalue weighted by atomic mass is 16.4. The summed E-state index contributed by atoms with van der Waals surface area (Å²) in [4.78, 5) is 14.5. The maximum atomic E-state index is 12.6. The second-order valence-electron chi connectivity index (χ2n) is 6.08. The molecule has 5 nitrogen and oxygen atoms in total. The van der Waals surface area contributed by atoms with Crippen LogP contribution in [0.1, 0.15) is 39.5 Å². The zero-order valence-corrected chi connectivity index (χ0v) is 11.2. The van der Waals surface area contributed by atoms with Crippen LogP contribution < -0.4 is 5.73 Å². The van der Waals surface area contributed by atoms with Gasteiger partial charge in [0.2, 0.25) is 5.91 Å². The van der Waals surface area contributed by atoms with Crippen LogP contribution in [0, 0.1) is 17.3 Å². The molecule has 1 aliphatic carbocycles. The number of hydrogen-bond donors (Lipinski definition) is 2. The van der Waals surface area contributed by atoms with E-state index in [0.29, 0.717) is 24.7 Å². The smallest absolute Gasteiger partial charge is 0.236 e. The quantitative estimate of drug-likeness (QED) is 0.338. The number of carbonyl (C=O) groups excluding carboxylic acids is 1. The number of hydrogen-bond acceptors (Lipinski definition) is 3. The van der Waals surface area contributed by atoms with Gasteiger partial charge in [-0.3, -0.25) is 4.79 Å². The molecule has 5 heteroatoms. The summed E-state index contributed by atoms with van der Waals surface area (Å²) in [6, 6.07) is 0. The average molecular weight is 253 g/mol. The molecule has 2 fully saturated rings. The Morgan fingerprint density at radius 2 is 2.06 bits per heavy atom. The van der Waals surface area contributed by atoms with Gasteiger partial charge in [-0.2, -0.15) is 0 Å². The highest BCUT2D eigenvalue weighted by Crippen LogP contribution is 2.47. The zero-order chi connectivity index (χ0) is 13.3. The Balaban J connectivity index is 2.14. The normalized spacial score (nSPS) is 37.2. The Hall–Kier alpha value is -1.26. The molecule has 2 rings (SSSR count). The minimum atomic E-state index is -0.731. The van der Waals surface area contributed by atoms with E-state index in [1.807, 2.05) is 4.90 Å². The summed E-state index contributed by atoms with van der Waals surface area (Å²) in [5.74, 6) is 1.16. The van der Waals surface area contributed by atoms with E-state index in [1.165, 1.54) is 6.42 Å². The summed E-state index contributed by atoms with van der Waals surface area (Å²) in [5.41, 5.74) is 5.04. The molecule has 1 heterocycles. The van der Waals surface area contributed by atoms with Crippen molar-refractivity contribution < 1.29 is 10.0 Å². The first-order valence-electron chi connectivity index (χ1n) is 6.77. The summed E-state index contributed by atoms with van der Waals surface area (Å²) < 4.78 is 0. The second-order valence-corrected chi connectivity index (χ2v) is 6.08. The lowest BCUT2D eigenvalue weighted by molar-refractivity contribution is -0.146. The van der Waals surface area contributed by atoms with Gasteiger partial charge in [0.15, 0.2) is 5.84 Å². The molecule has 0 bridgehead atoms. The Morgan fingerprint density at radius 3 is 2.56 bits per heavy atom. The van der Waals surface area contributed by atoms with Crippen molar-refractivity contribution >= 4 is 11.7 Å². The van der Waals surface area contributed by atoms with Gasteiger partial charge in [-0.05, 0) is 37.5 Å². The number of carbonyl (C=O) groups is 1. The summed E-state index contributed by atoms with van der Waals surface area (Å²) in [6.07, 6.45) is 3.63. The van der Waals surface area contributed by atoms with Gasteiger partial charge in [0, 0.05) is 13.1 Å². The van der Waals surface area contributed by atoms with Gasteiger partial charge in [0.05, 0.1) is 0 Å². The lowest BCUT2D eigenvalue weighted by Gasteiger charge is -2.47. The highest BCUT2D eigenvalue weighted by molar-refractivity contribution is 6.07. The van der Waals surface area contributed by atoms with Crippen LogP contribution in [-0.2, 0) is 4.79 Å². The Bertz CT molecular complexity index is 361. The van der Waals surface area contributed by atoms with Crippen molar-refractivity contribution in [2.24, 2.45) is 28.1 Å². The summed E-state index contributed by atoms with van der Waals surface area (Å²) >= 11 is 0. The van der Waals surface area contributed by atoms with Gasteiger partial charge < -0.3 is 15.8 Å². The van der Waals surface area contributed by atoms with Gasteiger partial charge in [0.25, 0.3) is 0 Å². The molecule has 0 aromatic carbocycles. The van der Waals surface area contributed by atoms with Crippen molar-refractivity contribution in [3.8, 4) is 0 Å². The maximum absolute atomic E-state index is 12.6. The van der Waals surface area contributed by atoms with Crippen molar-refractivity contribution in [1.82, 2.24) is 4.90 Å². The minimum Gasteiger partial charge on any atom is -0.409 e. The molecule has 1 saturated heterocycles. The van der Waals surface area contributed by atoms with E-state index in [9.17, 15) is 4.79 Å². The Kier molecular flexibility index (Phi) is 3.50. The molecule has 0 radical (unpaired) electrons. The molecular formula is C13H23N3O2. The van der Waals surface area contributed by atoms with E-state index in [4.69, 9.17) is 10.9 Å². The number of nitrogens with zero attached hydrogens (tertiary/aromatic N) is 2. The number of likely N-dealkylation sites (tertiary alicyclic amines) is 1. The predicted molar refractivity (Wildman–Crippen MR) is 69.2 cm³/mol. The molecule has 1 saturated carbocycles. The third-order valence-corrected chi connectivity index (χ3v) is 4.35. The van der Waals surface area contributed by atoms with E-state index in [-0.39, 0.29) is 11.7 Å². The molecular weight excluding hydrogens is 230 g/mol. The van der Waals surface area contributed by atoms with Crippen LogP contribution in [0.5, 0.6) is 0 Å². The van der Waals surface area contributed by atoms with Crippen molar-refractivity contribution in [3.63, 3.8) is 0 Å². The number of piperidine rings is 1. The largest absolute Gasteiger partial charge is 0.409 e. The Labute approximate surface area is 108 Å². The van der Waals surface area contributed by atoms with E-state index < -0.39 is 5.41 Å². The van der Waals surface area contributed by atoms with E-state index in [2.05, 4.69) is 19.0 Å². The van der Waals surface area contributed by atoms with Gasteiger partial charge in [0.1, 0.15) is 5.41 Å². The molecule has 3 N–H and O–H groups in total. The summed E-state index contributed by atoms with van der Waals surface area (Å²) in [6.45, 7) is 5.86. The van der Waals surface area contributed by atoms with Crippen molar-refractivity contribution in [3.05, 3.63) is 0 Å². The van der Waals surface area contributed by atoms with E-state index in [1.54, 1.807) is 0 Å². The molecule has 18 heavy (non-hydrogen) atoms. The monoisotopic (exact) mass is 253 g/mol. The lowest BCUT2D eigenvalue weighted by Crippen LogP contribution is -2.59. The molecule has 1 aliphatic heterocycles. The summed E-state index contributed by atoms with van der Waals surface area (Å²) in [7, 11) is 0. The van der Waals surface area contributed by atoms with Gasteiger partial charge in [-0.1, -0.05) is 19.0 Å². The molecule has 1 atom stereocenters. The SMILES string of the molecule is CC1CCCN(C(=O)C2(C(N)=NO)CC(C)C2)C1. The fourth-order valence-electron chi connectivity index (χ4n) is 3.40. The standard InChI is InChI=1S/C13H23N3O2/c1-9-4-3-5-16(8-9)12(17)13(11(14)15-18)6-10(2)7-13/h9-10,18H,3-8H2,1-2H3,(H2,14,15).